The molecule has 0 radical (unpaired) electrons. The van der Waals surface area contributed by atoms with Crippen LogP contribution in [0.2, 0.25) is 0 Å². The number of hydrogen-bond donors (Lipinski definition) is 2. The van der Waals surface area contributed by atoms with Gasteiger partial charge in [0.15, 0.2) is 0 Å². The van der Waals surface area contributed by atoms with E-state index >= 15 is 0 Å². The van der Waals surface area contributed by atoms with Gasteiger partial charge in [0.1, 0.15) is 5.69 Å². The Morgan fingerprint density at radius 1 is 1.22 bits per heavy atom. The van der Waals surface area contributed by atoms with Crippen LogP contribution in [-0.2, 0) is 4.74 Å². The molecule has 2 saturated heterocycles. The van der Waals surface area contributed by atoms with Crippen molar-refractivity contribution in [2.45, 2.75) is 59.2 Å². The number of nitrogens with one attached hydrogen (secondary N) is 2. The summed E-state index contributed by atoms with van der Waals surface area (Å²) in [4.78, 5) is 18.9. The number of ether oxygens (including phenoxy) is 1. The summed E-state index contributed by atoms with van der Waals surface area (Å²) < 4.78 is 6.02. The zero-order valence-electron chi connectivity index (χ0n) is 17.1. The summed E-state index contributed by atoms with van der Waals surface area (Å²) in [7, 11) is 0. The van der Waals surface area contributed by atoms with Crippen molar-refractivity contribution in [2.24, 2.45) is 5.92 Å². The average Bonchev–Trinajstić information content (AvgIpc) is 3.18. The molecule has 5 nitrogen and oxygen atoms in total. The van der Waals surface area contributed by atoms with Crippen LogP contribution in [0.25, 0.3) is 10.9 Å². The van der Waals surface area contributed by atoms with E-state index in [2.05, 4.69) is 55.0 Å². The van der Waals surface area contributed by atoms with Gasteiger partial charge in [0.2, 0.25) is 0 Å². The van der Waals surface area contributed by atoms with E-state index in [1.165, 1.54) is 16.5 Å². The molecule has 3 atom stereocenters. The number of rotatable bonds is 3. The van der Waals surface area contributed by atoms with Crippen molar-refractivity contribution in [1.82, 2.24) is 15.2 Å². The van der Waals surface area contributed by atoms with Gasteiger partial charge < -0.3 is 15.0 Å². The van der Waals surface area contributed by atoms with E-state index in [0.29, 0.717) is 23.8 Å². The number of benzene rings is 1. The first-order valence-electron chi connectivity index (χ1n) is 10.1. The first kappa shape index (κ1) is 18.5. The molecule has 1 aromatic carbocycles. The van der Waals surface area contributed by atoms with Crippen molar-refractivity contribution in [3.63, 3.8) is 0 Å². The molecule has 146 valence electrons. The molecule has 2 N–H and O–H groups in total. The number of aryl methyl sites for hydroxylation is 3. The summed E-state index contributed by atoms with van der Waals surface area (Å²) in [5.41, 5.74) is 5.20. The summed E-state index contributed by atoms with van der Waals surface area (Å²) in [5, 5.41) is 4.45. The Labute approximate surface area is 161 Å². The highest BCUT2D eigenvalue weighted by Crippen LogP contribution is 2.29. The molecule has 2 aliphatic rings. The average molecular weight is 370 g/mol. The maximum atomic E-state index is 13.0. The SMILES string of the molecule is Cc1ccc(C)c2c(C)c(C(=O)N[C@H]3C[C@H]4CO[C@@H](C(C)C)CN4C3)[nH]c12. The molecule has 5 heteroatoms. The third kappa shape index (κ3) is 3.27. The summed E-state index contributed by atoms with van der Waals surface area (Å²) >= 11 is 0. The van der Waals surface area contributed by atoms with Gasteiger partial charge in [-0.2, -0.15) is 0 Å². The van der Waals surface area contributed by atoms with Crippen LogP contribution < -0.4 is 5.32 Å². The molecule has 2 aromatic rings. The monoisotopic (exact) mass is 369 g/mol. The molecule has 0 bridgehead atoms. The number of aromatic amines is 1. The second-order valence-electron chi connectivity index (χ2n) is 8.70. The second-order valence-corrected chi connectivity index (χ2v) is 8.70. The molecular weight excluding hydrogens is 338 g/mol. The highest BCUT2D eigenvalue weighted by atomic mass is 16.5. The second kappa shape index (κ2) is 6.95. The Morgan fingerprint density at radius 3 is 2.67 bits per heavy atom. The summed E-state index contributed by atoms with van der Waals surface area (Å²) in [6.07, 6.45) is 1.27. The highest BCUT2D eigenvalue weighted by Gasteiger charge is 2.38. The Bertz CT molecular complexity index is 870. The summed E-state index contributed by atoms with van der Waals surface area (Å²) in [5.74, 6) is 0.536. The van der Waals surface area contributed by atoms with Gasteiger partial charge in [-0.3, -0.25) is 9.69 Å². The Balaban J connectivity index is 1.49. The molecule has 27 heavy (non-hydrogen) atoms. The van der Waals surface area contributed by atoms with E-state index in [1.807, 2.05) is 6.92 Å². The Kier molecular flexibility index (Phi) is 4.77. The minimum Gasteiger partial charge on any atom is -0.375 e. The number of nitrogens with zero attached hydrogens (tertiary/aromatic N) is 1. The highest BCUT2D eigenvalue weighted by molar-refractivity contribution is 6.02. The first-order valence-corrected chi connectivity index (χ1v) is 10.1. The number of H-pyrrole nitrogens is 1. The van der Waals surface area contributed by atoms with Crippen molar-refractivity contribution in [1.29, 1.82) is 0 Å². The van der Waals surface area contributed by atoms with Crippen LogP contribution >= 0.6 is 0 Å². The molecule has 0 saturated carbocycles. The maximum Gasteiger partial charge on any atom is 0.268 e. The molecule has 0 unspecified atom stereocenters. The lowest BCUT2D eigenvalue weighted by molar-refractivity contribution is -0.0683. The van der Waals surface area contributed by atoms with E-state index in [0.717, 1.165) is 37.2 Å². The van der Waals surface area contributed by atoms with E-state index in [4.69, 9.17) is 4.74 Å². The summed E-state index contributed by atoms with van der Waals surface area (Å²) in [6, 6.07) is 4.85. The number of fused-ring (bicyclic) bond motifs is 2. The molecule has 4 rings (SSSR count). The standard InChI is InChI=1S/C22H31N3O2/c1-12(2)18-10-25-9-16(8-17(25)11-27-18)23-22(26)21-15(5)19-13(3)6-7-14(4)20(19)24-21/h6-7,12,16-18,24H,8-11H2,1-5H3,(H,23,26)/t16-,17-,18+/m0/s1. The number of carbonyl (C=O) groups excluding carboxylic acids is 1. The quantitative estimate of drug-likeness (QED) is 0.873. The molecule has 2 fully saturated rings. The van der Waals surface area contributed by atoms with Gasteiger partial charge in [-0.1, -0.05) is 26.0 Å². The third-order valence-electron chi connectivity index (χ3n) is 6.37. The van der Waals surface area contributed by atoms with Gasteiger partial charge in [-0.05, 0) is 49.8 Å². The zero-order chi connectivity index (χ0) is 19.3. The number of amides is 1. The van der Waals surface area contributed by atoms with Gasteiger partial charge >= 0.3 is 0 Å². The van der Waals surface area contributed by atoms with Crippen molar-refractivity contribution in [3.8, 4) is 0 Å². The van der Waals surface area contributed by atoms with E-state index < -0.39 is 0 Å². The molecular formula is C22H31N3O2. The molecule has 1 amide bonds. The van der Waals surface area contributed by atoms with Crippen LogP contribution in [0.4, 0.5) is 0 Å². The number of carbonyl (C=O) groups is 1. The van der Waals surface area contributed by atoms with Gasteiger partial charge in [-0.25, -0.2) is 0 Å². The summed E-state index contributed by atoms with van der Waals surface area (Å²) in [6.45, 7) is 13.3. The number of hydrogen-bond acceptors (Lipinski definition) is 3. The molecule has 1 aromatic heterocycles. The minimum atomic E-state index is 0.00803. The van der Waals surface area contributed by atoms with Gasteiger partial charge in [0.25, 0.3) is 5.91 Å². The zero-order valence-corrected chi connectivity index (χ0v) is 17.1. The first-order chi connectivity index (χ1) is 12.8. The van der Waals surface area contributed by atoms with Crippen molar-refractivity contribution >= 4 is 16.8 Å². The van der Waals surface area contributed by atoms with Crippen LogP contribution in [0, 0.1) is 26.7 Å². The lowest BCUT2D eigenvalue weighted by Gasteiger charge is -2.36. The van der Waals surface area contributed by atoms with E-state index in [-0.39, 0.29) is 11.9 Å². The predicted molar refractivity (Wildman–Crippen MR) is 108 cm³/mol. The predicted octanol–water partition coefficient (Wildman–Crippen LogP) is 3.32. The van der Waals surface area contributed by atoms with Crippen LogP contribution in [0.5, 0.6) is 0 Å². The third-order valence-corrected chi connectivity index (χ3v) is 6.37. The van der Waals surface area contributed by atoms with Crippen molar-refractivity contribution in [3.05, 3.63) is 34.5 Å². The molecule has 0 spiro atoms. The maximum absolute atomic E-state index is 13.0. The van der Waals surface area contributed by atoms with Crippen LogP contribution in [0.1, 0.15) is 47.4 Å². The minimum absolute atomic E-state index is 0.00803. The van der Waals surface area contributed by atoms with Gasteiger partial charge in [-0.15, -0.1) is 0 Å². The Hall–Kier alpha value is -1.85. The number of morpholine rings is 1. The lowest BCUT2D eigenvalue weighted by Crippen LogP contribution is -2.48. The molecule has 0 aliphatic carbocycles. The number of aromatic nitrogens is 1. The van der Waals surface area contributed by atoms with Crippen LogP contribution in [0.3, 0.4) is 0 Å². The largest absolute Gasteiger partial charge is 0.375 e. The molecule has 3 heterocycles. The Morgan fingerprint density at radius 2 is 1.96 bits per heavy atom. The van der Waals surface area contributed by atoms with Gasteiger partial charge in [0, 0.05) is 36.1 Å². The smallest absolute Gasteiger partial charge is 0.268 e. The normalized spacial score (nSPS) is 25.9. The van der Waals surface area contributed by atoms with Crippen LogP contribution in [-0.4, -0.2) is 53.7 Å². The van der Waals surface area contributed by atoms with Crippen LogP contribution in [0.15, 0.2) is 12.1 Å². The van der Waals surface area contributed by atoms with Crippen molar-refractivity contribution in [2.75, 3.05) is 19.7 Å². The van der Waals surface area contributed by atoms with E-state index in [9.17, 15) is 4.79 Å². The van der Waals surface area contributed by atoms with E-state index in [1.54, 1.807) is 0 Å². The van der Waals surface area contributed by atoms with Gasteiger partial charge in [0.05, 0.1) is 12.7 Å². The van der Waals surface area contributed by atoms with Crippen molar-refractivity contribution < 1.29 is 9.53 Å². The molecule has 2 aliphatic heterocycles. The topological polar surface area (TPSA) is 57.4 Å². The fraction of sp³-hybridized carbons (Fsp3) is 0.591. The fourth-order valence-electron chi connectivity index (χ4n) is 4.69. The lowest BCUT2D eigenvalue weighted by atomic mass is 10.0. The fourth-order valence-corrected chi connectivity index (χ4v) is 4.69.